The molecule has 2 amide bonds. The van der Waals surface area contributed by atoms with Gasteiger partial charge in [0.25, 0.3) is 0 Å². The molecule has 0 radical (unpaired) electrons. The van der Waals surface area contributed by atoms with Crippen LogP contribution in [0.3, 0.4) is 0 Å². The maximum Gasteiger partial charge on any atom is 0.237 e. The summed E-state index contributed by atoms with van der Waals surface area (Å²) in [6.07, 6.45) is -0.268. The number of hydrogen-bond acceptors (Lipinski definition) is 6. The topological polar surface area (TPSA) is 140 Å². The number of nitrogens with one attached hydrogen (secondary N) is 2. The average Bonchev–Trinajstić information content (AvgIpc) is 2.39. The van der Waals surface area contributed by atoms with Crippen molar-refractivity contribution in [1.82, 2.24) is 10.9 Å². The van der Waals surface area contributed by atoms with E-state index in [0.717, 1.165) is 0 Å². The van der Waals surface area contributed by atoms with E-state index >= 15 is 0 Å². The molecule has 0 spiro atoms. The first-order valence-corrected chi connectivity index (χ1v) is 6.20. The van der Waals surface area contributed by atoms with Crippen molar-refractivity contribution in [2.45, 2.75) is 45.3 Å². The van der Waals surface area contributed by atoms with Crippen LogP contribution in [-0.4, -0.2) is 35.7 Å². The maximum absolute atomic E-state index is 11.5. The predicted octanol–water partition coefficient (Wildman–Crippen LogP) is -1.46. The monoisotopic (exact) mass is 276 g/mol. The molecule has 0 unspecified atom stereocenters. The molecule has 0 aromatic heterocycles. The van der Waals surface area contributed by atoms with Gasteiger partial charge in [-0.1, -0.05) is 0 Å². The Balaban J connectivity index is 4.26. The molecule has 0 heterocycles. The predicted molar refractivity (Wildman–Crippen MR) is 69.1 cm³/mol. The van der Waals surface area contributed by atoms with E-state index in [1.807, 2.05) is 24.7 Å². The van der Waals surface area contributed by atoms with Crippen molar-refractivity contribution in [3.8, 4) is 0 Å². The number of rotatable bonds is 9. The maximum atomic E-state index is 11.5. The molecule has 0 aromatic carbocycles. The average molecular weight is 276 g/mol. The van der Waals surface area contributed by atoms with Crippen molar-refractivity contribution in [3.05, 3.63) is 0 Å². The van der Waals surface area contributed by atoms with Gasteiger partial charge in [0, 0.05) is 12.3 Å². The van der Waals surface area contributed by atoms with E-state index in [2.05, 4.69) is 0 Å². The molecule has 0 aliphatic heterocycles. The molecule has 112 valence electrons. The van der Waals surface area contributed by atoms with Crippen LogP contribution >= 0.6 is 0 Å². The van der Waals surface area contributed by atoms with Crippen molar-refractivity contribution in [2.75, 3.05) is 6.61 Å². The highest BCUT2D eigenvalue weighted by molar-refractivity contribution is 5.80. The fourth-order valence-corrected chi connectivity index (χ4v) is 1.55. The third-order valence-electron chi connectivity index (χ3n) is 2.57. The first-order chi connectivity index (χ1) is 8.90. The Bertz CT molecular complexity index is 286. The summed E-state index contributed by atoms with van der Waals surface area (Å²) in [5.74, 6) is 8.67. The molecule has 8 heteroatoms. The largest absolute Gasteiger partial charge is 0.391 e. The summed E-state index contributed by atoms with van der Waals surface area (Å²) in [5.41, 5.74) is 4.00. The van der Waals surface area contributed by atoms with Gasteiger partial charge in [-0.25, -0.2) is 11.7 Å². The number of hydrazine groups is 2. The van der Waals surface area contributed by atoms with Gasteiger partial charge in [-0.3, -0.25) is 20.4 Å². The SMILES string of the molecule is CC(C)OC[C@@H](O)C[C@H](CCC(=O)NN)C(=O)NN. The summed E-state index contributed by atoms with van der Waals surface area (Å²) in [5, 5.41) is 9.76. The zero-order valence-electron chi connectivity index (χ0n) is 11.4. The number of carbonyl (C=O) groups is 2. The van der Waals surface area contributed by atoms with E-state index in [9.17, 15) is 14.7 Å². The van der Waals surface area contributed by atoms with Crippen molar-refractivity contribution in [3.63, 3.8) is 0 Å². The Kier molecular flexibility index (Phi) is 9.06. The van der Waals surface area contributed by atoms with Crippen LogP contribution in [-0.2, 0) is 14.3 Å². The van der Waals surface area contributed by atoms with Crippen molar-refractivity contribution >= 4 is 11.8 Å². The molecule has 0 saturated carbocycles. The highest BCUT2D eigenvalue weighted by atomic mass is 16.5. The smallest absolute Gasteiger partial charge is 0.237 e. The number of amides is 2. The van der Waals surface area contributed by atoms with E-state index in [4.69, 9.17) is 16.4 Å². The van der Waals surface area contributed by atoms with Crippen LogP contribution < -0.4 is 22.5 Å². The molecule has 0 rings (SSSR count). The molecule has 2 atom stereocenters. The molecule has 0 saturated heterocycles. The van der Waals surface area contributed by atoms with Crippen LogP contribution in [0.4, 0.5) is 0 Å². The summed E-state index contributed by atoms with van der Waals surface area (Å²) in [7, 11) is 0. The second-order valence-corrected chi connectivity index (χ2v) is 4.58. The normalized spacial score (nSPS) is 14.0. The van der Waals surface area contributed by atoms with E-state index in [0.29, 0.717) is 0 Å². The second-order valence-electron chi connectivity index (χ2n) is 4.58. The summed E-state index contributed by atoms with van der Waals surface area (Å²) in [6.45, 7) is 3.83. The standard InChI is InChI=1S/C11H24N4O4/c1-7(2)19-6-9(16)5-8(11(18)15-13)3-4-10(17)14-12/h7-9,16H,3-6,12-13H2,1-2H3,(H,14,17)(H,15,18)/t8-,9-/m0/s1. The van der Waals surface area contributed by atoms with Crippen molar-refractivity contribution in [1.29, 1.82) is 0 Å². The molecule has 0 fully saturated rings. The van der Waals surface area contributed by atoms with Crippen LogP contribution in [0.5, 0.6) is 0 Å². The molecule has 8 nitrogen and oxygen atoms in total. The van der Waals surface area contributed by atoms with Gasteiger partial charge in [-0.05, 0) is 26.7 Å². The van der Waals surface area contributed by atoms with Crippen LogP contribution in [0.15, 0.2) is 0 Å². The first-order valence-electron chi connectivity index (χ1n) is 6.20. The van der Waals surface area contributed by atoms with Crippen LogP contribution in [0, 0.1) is 5.92 Å². The van der Waals surface area contributed by atoms with Gasteiger partial charge in [0.05, 0.1) is 18.8 Å². The lowest BCUT2D eigenvalue weighted by atomic mass is 9.95. The number of aliphatic hydroxyl groups is 1. The van der Waals surface area contributed by atoms with Gasteiger partial charge >= 0.3 is 0 Å². The fourth-order valence-electron chi connectivity index (χ4n) is 1.55. The highest BCUT2D eigenvalue weighted by Crippen LogP contribution is 2.14. The zero-order chi connectivity index (χ0) is 14.8. The third kappa shape index (κ3) is 8.49. The van der Waals surface area contributed by atoms with Gasteiger partial charge in [0.15, 0.2) is 0 Å². The second kappa shape index (κ2) is 9.68. The van der Waals surface area contributed by atoms with Crippen molar-refractivity contribution < 1.29 is 19.4 Å². The van der Waals surface area contributed by atoms with E-state index in [1.165, 1.54) is 0 Å². The summed E-state index contributed by atoms with van der Waals surface area (Å²) >= 11 is 0. The summed E-state index contributed by atoms with van der Waals surface area (Å²) in [4.78, 5) is 22.6. The molecule has 0 aliphatic carbocycles. The Labute approximate surface area is 112 Å². The number of aliphatic hydroxyl groups excluding tert-OH is 1. The van der Waals surface area contributed by atoms with Crippen LogP contribution in [0.2, 0.25) is 0 Å². The number of carbonyl (C=O) groups excluding carboxylic acids is 2. The molecule has 7 N–H and O–H groups in total. The molecular formula is C11H24N4O4. The lowest BCUT2D eigenvalue weighted by Crippen LogP contribution is -2.39. The van der Waals surface area contributed by atoms with Gasteiger partial charge < -0.3 is 9.84 Å². The van der Waals surface area contributed by atoms with Crippen LogP contribution in [0.1, 0.15) is 33.1 Å². The molecular weight excluding hydrogens is 252 g/mol. The lowest BCUT2D eigenvalue weighted by Gasteiger charge is -2.19. The highest BCUT2D eigenvalue weighted by Gasteiger charge is 2.22. The minimum atomic E-state index is -0.786. The zero-order valence-corrected chi connectivity index (χ0v) is 11.4. The molecule has 19 heavy (non-hydrogen) atoms. The Morgan fingerprint density at radius 3 is 2.37 bits per heavy atom. The van der Waals surface area contributed by atoms with Gasteiger partial charge in [-0.2, -0.15) is 0 Å². The Morgan fingerprint density at radius 1 is 1.26 bits per heavy atom. The van der Waals surface area contributed by atoms with E-state index < -0.39 is 17.9 Å². The van der Waals surface area contributed by atoms with E-state index in [1.54, 1.807) is 0 Å². The third-order valence-corrected chi connectivity index (χ3v) is 2.57. The first kappa shape index (κ1) is 17.8. The van der Waals surface area contributed by atoms with Gasteiger partial charge in [0.2, 0.25) is 11.8 Å². The lowest BCUT2D eigenvalue weighted by molar-refractivity contribution is -0.127. The van der Waals surface area contributed by atoms with E-state index in [-0.39, 0.29) is 37.9 Å². The number of ether oxygens (including phenoxy) is 1. The fraction of sp³-hybridized carbons (Fsp3) is 0.818. The van der Waals surface area contributed by atoms with Gasteiger partial charge in [-0.15, -0.1) is 0 Å². The van der Waals surface area contributed by atoms with Crippen LogP contribution in [0.25, 0.3) is 0 Å². The quantitative estimate of drug-likeness (QED) is 0.198. The van der Waals surface area contributed by atoms with Crippen molar-refractivity contribution in [2.24, 2.45) is 17.6 Å². The minimum Gasteiger partial charge on any atom is -0.391 e. The summed E-state index contributed by atoms with van der Waals surface area (Å²) in [6, 6.07) is 0. The molecule has 0 aromatic rings. The number of nitrogens with two attached hydrogens (primary N) is 2. The van der Waals surface area contributed by atoms with Gasteiger partial charge in [0.1, 0.15) is 0 Å². The Hall–Kier alpha value is -1.22. The Morgan fingerprint density at radius 2 is 1.89 bits per heavy atom. The molecule has 0 bridgehead atoms. The molecule has 0 aliphatic rings. The summed E-state index contributed by atoms with van der Waals surface area (Å²) < 4.78 is 5.25. The minimum absolute atomic E-state index is 0.000507. The number of hydrogen-bond donors (Lipinski definition) is 5.